The van der Waals surface area contributed by atoms with Crippen molar-refractivity contribution in [3.63, 3.8) is 0 Å². The highest BCUT2D eigenvalue weighted by molar-refractivity contribution is 5.79. The van der Waals surface area contributed by atoms with Crippen molar-refractivity contribution in [2.75, 3.05) is 0 Å². The standard InChI is InChI=1S/C24H21F7N2O4/c25-16-7-3-13(4-8-16)20-21(14-1-5-15(6-2-14)23(26,27)28)33(22(32-20)24(29,30)31)10-9-17(34)11-18(35)12-19(36)37/h1-8,17-18,34-35H,9-12H2,(H,36,37)/t17-,18-/m1/s1. The monoisotopic (exact) mass is 534 g/mol. The molecule has 6 nitrogen and oxygen atoms in total. The van der Waals surface area contributed by atoms with Gasteiger partial charge in [0.15, 0.2) is 0 Å². The van der Waals surface area contributed by atoms with Crippen molar-refractivity contribution in [3.05, 3.63) is 65.7 Å². The maximum atomic E-state index is 14.0. The summed E-state index contributed by atoms with van der Waals surface area (Å²) in [5.41, 5.74) is -1.49. The van der Waals surface area contributed by atoms with Gasteiger partial charge < -0.3 is 19.9 Å². The summed E-state index contributed by atoms with van der Waals surface area (Å²) in [5.74, 6) is -3.40. The molecule has 0 fully saturated rings. The SMILES string of the molecule is O=C(O)C[C@H](O)C[C@H](O)CCn1c(C(F)(F)F)nc(-c2ccc(F)cc2)c1-c1ccc(C(F)(F)F)cc1. The molecule has 3 N–H and O–H groups in total. The van der Waals surface area contributed by atoms with Crippen LogP contribution in [0.2, 0.25) is 0 Å². The van der Waals surface area contributed by atoms with Gasteiger partial charge in [-0.25, -0.2) is 9.37 Å². The number of aromatic nitrogens is 2. The van der Waals surface area contributed by atoms with Gasteiger partial charge in [-0.05, 0) is 49.2 Å². The summed E-state index contributed by atoms with van der Waals surface area (Å²) >= 11 is 0. The van der Waals surface area contributed by atoms with Gasteiger partial charge in [0, 0.05) is 17.7 Å². The van der Waals surface area contributed by atoms with Gasteiger partial charge in [0.2, 0.25) is 5.82 Å². The molecular formula is C24H21F7N2O4. The Hall–Kier alpha value is -3.45. The molecule has 13 heteroatoms. The van der Waals surface area contributed by atoms with Crippen LogP contribution >= 0.6 is 0 Å². The number of hydrogen-bond donors (Lipinski definition) is 3. The number of carboxylic acids is 1. The molecule has 0 aliphatic heterocycles. The highest BCUT2D eigenvalue weighted by Crippen LogP contribution is 2.40. The number of aliphatic hydroxyl groups is 2. The molecule has 200 valence electrons. The molecule has 0 radical (unpaired) electrons. The van der Waals surface area contributed by atoms with Gasteiger partial charge in [-0.3, -0.25) is 4.79 Å². The van der Waals surface area contributed by atoms with Crippen LogP contribution in [0.1, 0.15) is 30.7 Å². The lowest BCUT2D eigenvalue weighted by Crippen LogP contribution is -2.23. The van der Waals surface area contributed by atoms with Gasteiger partial charge in [0.25, 0.3) is 0 Å². The first-order valence-corrected chi connectivity index (χ1v) is 10.9. The topological polar surface area (TPSA) is 95.6 Å². The third-order valence-electron chi connectivity index (χ3n) is 5.46. The maximum Gasteiger partial charge on any atom is 0.449 e. The number of benzene rings is 2. The van der Waals surface area contributed by atoms with E-state index in [1.807, 2.05) is 0 Å². The summed E-state index contributed by atoms with van der Waals surface area (Å²) in [6.07, 6.45) is -14.0. The Labute approximate surface area is 205 Å². The van der Waals surface area contributed by atoms with Crippen molar-refractivity contribution in [1.82, 2.24) is 9.55 Å². The normalized spacial score (nSPS) is 14.0. The summed E-state index contributed by atoms with van der Waals surface area (Å²) in [7, 11) is 0. The molecule has 0 bridgehead atoms. The quantitative estimate of drug-likeness (QED) is 0.321. The molecule has 0 amide bonds. The molecule has 3 aromatic rings. The second-order valence-electron chi connectivity index (χ2n) is 8.29. The molecule has 0 saturated carbocycles. The van der Waals surface area contributed by atoms with Gasteiger partial charge in [0.05, 0.1) is 35.6 Å². The lowest BCUT2D eigenvalue weighted by atomic mass is 10.0. The zero-order valence-corrected chi connectivity index (χ0v) is 18.9. The van der Waals surface area contributed by atoms with E-state index in [1.54, 1.807) is 0 Å². The molecule has 0 aliphatic rings. The number of aliphatic hydroxyl groups excluding tert-OH is 2. The van der Waals surface area contributed by atoms with Gasteiger partial charge in [0.1, 0.15) is 5.82 Å². The van der Waals surface area contributed by atoms with E-state index in [9.17, 15) is 45.7 Å². The Bertz CT molecular complexity index is 1220. The van der Waals surface area contributed by atoms with E-state index >= 15 is 0 Å². The average molecular weight is 534 g/mol. The first-order chi connectivity index (χ1) is 17.2. The van der Waals surface area contributed by atoms with Crippen molar-refractivity contribution < 1.29 is 50.8 Å². The summed E-state index contributed by atoms with van der Waals surface area (Å²) in [6, 6.07) is 7.70. The largest absolute Gasteiger partial charge is 0.481 e. The molecule has 0 spiro atoms. The fourth-order valence-electron chi connectivity index (χ4n) is 3.80. The van der Waals surface area contributed by atoms with Crippen molar-refractivity contribution >= 4 is 5.97 Å². The van der Waals surface area contributed by atoms with E-state index < -0.39 is 67.1 Å². The van der Waals surface area contributed by atoms with Crippen LogP contribution in [0.25, 0.3) is 22.5 Å². The van der Waals surface area contributed by atoms with Crippen LogP contribution in [0, 0.1) is 5.82 Å². The molecule has 2 aromatic carbocycles. The van der Waals surface area contributed by atoms with Crippen molar-refractivity contribution in [3.8, 4) is 22.5 Å². The summed E-state index contributed by atoms with van der Waals surface area (Å²) in [6.45, 7) is -0.527. The summed E-state index contributed by atoms with van der Waals surface area (Å²) in [4.78, 5) is 14.4. The number of alkyl halides is 6. The number of aliphatic carboxylic acids is 1. The van der Waals surface area contributed by atoms with E-state index in [1.165, 1.54) is 12.1 Å². The fourth-order valence-corrected chi connectivity index (χ4v) is 3.80. The van der Waals surface area contributed by atoms with Crippen LogP contribution in [0.5, 0.6) is 0 Å². The van der Waals surface area contributed by atoms with Crippen LogP contribution in [-0.2, 0) is 23.7 Å². The van der Waals surface area contributed by atoms with Crippen LogP contribution in [0.4, 0.5) is 30.7 Å². The van der Waals surface area contributed by atoms with Gasteiger partial charge in [-0.15, -0.1) is 0 Å². The minimum Gasteiger partial charge on any atom is -0.481 e. The number of hydrogen-bond acceptors (Lipinski definition) is 4. The summed E-state index contributed by atoms with van der Waals surface area (Å²) < 4.78 is 95.2. The molecule has 3 rings (SSSR count). The molecule has 1 aromatic heterocycles. The van der Waals surface area contributed by atoms with Gasteiger partial charge in [-0.2, -0.15) is 26.3 Å². The molecule has 0 aliphatic carbocycles. The van der Waals surface area contributed by atoms with Crippen molar-refractivity contribution in [1.29, 1.82) is 0 Å². The molecule has 0 unspecified atom stereocenters. The Morgan fingerprint density at radius 3 is 1.95 bits per heavy atom. The Morgan fingerprint density at radius 2 is 1.43 bits per heavy atom. The first kappa shape index (κ1) is 28.1. The summed E-state index contributed by atoms with van der Waals surface area (Å²) in [5, 5.41) is 28.6. The highest BCUT2D eigenvalue weighted by Gasteiger charge is 2.39. The maximum absolute atomic E-state index is 14.0. The third kappa shape index (κ3) is 7.07. The molecule has 1 heterocycles. The van der Waals surface area contributed by atoms with Crippen LogP contribution in [-0.4, -0.2) is 43.0 Å². The minimum absolute atomic E-state index is 0.0456. The van der Waals surface area contributed by atoms with Crippen LogP contribution in [0.15, 0.2) is 48.5 Å². The number of imidazole rings is 1. The van der Waals surface area contributed by atoms with Crippen molar-refractivity contribution in [2.24, 2.45) is 0 Å². The molecule has 2 atom stereocenters. The Balaban J connectivity index is 2.10. The van der Waals surface area contributed by atoms with E-state index in [2.05, 4.69) is 4.98 Å². The molecule has 0 saturated heterocycles. The number of halogens is 7. The van der Waals surface area contributed by atoms with E-state index in [-0.39, 0.29) is 28.9 Å². The third-order valence-corrected chi connectivity index (χ3v) is 5.46. The minimum atomic E-state index is -5.01. The highest BCUT2D eigenvalue weighted by atomic mass is 19.4. The fraction of sp³-hybridized carbons (Fsp3) is 0.333. The van der Waals surface area contributed by atoms with E-state index in [0.29, 0.717) is 16.7 Å². The Morgan fingerprint density at radius 1 is 0.865 bits per heavy atom. The van der Waals surface area contributed by atoms with Gasteiger partial charge >= 0.3 is 18.3 Å². The Kier molecular flexibility index (Phi) is 8.28. The predicted octanol–water partition coefficient (Wildman–Crippen LogP) is 5.37. The predicted molar refractivity (Wildman–Crippen MR) is 117 cm³/mol. The van der Waals surface area contributed by atoms with Crippen molar-refractivity contribution in [2.45, 2.75) is 50.4 Å². The second-order valence-corrected chi connectivity index (χ2v) is 8.29. The molecule has 37 heavy (non-hydrogen) atoms. The zero-order chi connectivity index (χ0) is 27.5. The first-order valence-electron chi connectivity index (χ1n) is 10.9. The number of nitrogens with zero attached hydrogens (tertiary/aromatic N) is 2. The molecular weight excluding hydrogens is 513 g/mol. The second kappa shape index (κ2) is 10.9. The number of rotatable bonds is 9. The smallest absolute Gasteiger partial charge is 0.449 e. The lowest BCUT2D eigenvalue weighted by molar-refractivity contribution is -0.147. The number of carbonyl (C=O) groups is 1. The van der Waals surface area contributed by atoms with Crippen LogP contribution in [0.3, 0.4) is 0 Å². The van der Waals surface area contributed by atoms with Crippen LogP contribution < -0.4 is 0 Å². The van der Waals surface area contributed by atoms with E-state index in [0.717, 1.165) is 24.3 Å². The van der Waals surface area contributed by atoms with Gasteiger partial charge in [-0.1, -0.05) is 12.1 Å². The average Bonchev–Trinajstić information content (AvgIpc) is 3.17. The zero-order valence-electron chi connectivity index (χ0n) is 18.9. The van der Waals surface area contributed by atoms with E-state index in [4.69, 9.17) is 5.11 Å². The number of carboxylic acid groups (broad SMARTS) is 1. The lowest BCUT2D eigenvalue weighted by Gasteiger charge is -2.18.